The van der Waals surface area contributed by atoms with E-state index in [0.29, 0.717) is 42.1 Å². The van der Waals surface area contributed by atoms with Gasteiger partial charge in [-0.1, -0.05) is 18.2 Å². The molecule has 1 atom stereocenters. The number of likely N-dealkylation sites (tertiary alicyclic amines) is 2. The summed E-state index contributed by atoms with van der Waals surface area (Å²) in [6.07, 6.45) is 11.8. The summed E-state index contributed by atoms with van der Waals surface area (Å²) in [5, 5.41) is 0. The molecule has 0 radical (unpaired) electrons. The van der Waals surface area contributed by atoms with Gasteiger partial charge in [0.1, 0.15) is 12.4 Å². The van der Waals surface area contributed by atoms with Crippen LogP contribution in [-0.2, 0) is 31.4 Å². The molecule has 2 aromatic carbocycles. The number of aryl methyl sites for hydroxylation is 3. The van der Waals surface area contributed by atoms with E-state index in [-0.39, 0.29) is 29.4 Å². The van der Waals surface area contributed by atoms with Gasteiger partial charge in [-0.3, -0.25) is 14.1 Å². The van der Waals surface area contributed by atoms with Crippen LogP contribution in [0.25, 0.3) is 0 Å². The third-order valence-electron chi connectivity index (χ3n) is 10.7. The fourth-order valence-corrected chi connectivity index (χ4v) is 10.3. The molecule has 1 amide bonds. The van der Waals surface area contributed by atoms with Crippen LogP contribution in [0.4, 0.5) is 5.69 Å². The Hall–Kier alpha value is -3.47. The average molecular weight is 675 g/mol. The number of ether oxygens (including phenoxy) is 2. The zero-order valence-electron chi connectivity index (χ0n) is 28.7. The van der Waals surface area contributed by atoms with E-state index in [1.807, 2.05) is 41.6 Å². The lowest BCUT2D eigenvalue weighted by Crippen LogP contribution is -2.48. The highest BCUT2D eigenvalue weighted by Gasteiger charge is 2.39. The number of amides is 1. The highest BCUT2D eigenvalue weighted by molar-refractivity contribution is 7.93. The van der Waals surface area contributed by atoms with Crippen LogP contribution in [0, 0.1) is 13.8 Å². The van der Waals surface area contributed by atoms with Crippen LogP contribution in [0.3, 0.4) is 0 Å². The third kappa shape index (κ3) is 7.26. The number of pyridine rings is 1. The predicted molar refractivity (Wildman–Crippen MR) is 188 cm³/mol. The Morgan fingerprint density at radius 1 is 0.979 bits per heavy atom. The summed E-state index contributed by atoms with van der Waals surface area (Å²) in [7, 11) is -2.36. The van der Waals surface area contributed by atoms with Crippen molar-refractivity contribution in [1.29, 1.82) is 0 Å². The molecule has 3 aromatic rings. The first-order valence-corrected chi connectivity index (χ1v) is 18.9. The van der Waals surface area contributed by atoms with E-state index in [2.05, 4.69) is 22.0 Å². The number of hydrogen-bond acceptors (Lipinski definition) is 7. The molecular formula is C38H50N4O5S. The molecule has 2 saturated heterocycles. The van der Waals surface area contributed by atoms with Crippen LogP contribution in [0.1, 0.15) is 67.2 Å². The second-order valence-corrected chi connectivity index (χ2v) is 15.5. The molecule has 0 spiro atoms. The number of anilines is 1. The summed E-state index contributed by atoms with van der Waals surface area (Å²) in [5.74, 6) is 0.585. The Bertz CT molecular complexity index is 1640. The first-order valence-electron chi connectivity index (χ1n) is 17.5. The van der Waals surface area contributed by atoms with Crippen molar-refractivity contribution in [1.82, 2.24) is 14.8 Å². The van der Waals surface area contributed by atoms with E-state index in [1.165, 1.54) is 35.8 Å². The van der Waals surface area contributed by atoms with E-state index >= 15 is 0 Å². The van der Waals surface area contributed by atoms with Gasteiger partial charge >= 0.3 is 0 Å². The van der Waals surface area contributed by atoms with E-state index < -0.39 is 16.1 Å². The predicted octanol–water partition coefficient (Wildman–Crippen LogP) is 5.67. The number of nitrogens with zero attached hydrogens (tertiary/aromatic N) is 4. The summed E-state index contributed by atoms with van der Waals surface area (Å²) in [4.78, 5) is 22.5. The van der Waals surface area contributed by atoms with Gasteiger partial charge in [-0.25, -0.2) is 8.42 Å². The van der Waals surface area contributed by atoms with Gasteiger partial charge in [-0.15, -0.1) is 0 Å². The minimum Gasteiger partial charge on any atom is -0.497 e. The number of sulfonamides is 1. The molecule has 9 nitrogen and oxygen atoms in total. The highest BCUT2D eigenvalue weighted by atomic mass is 32.2. The summed E-state index contributed by atoms with van der Waals surface area (Å²) in [6, 6.07) is 15.0. The van der Waals surface area contributed by atoms with E-state index in [0.717, 1.165) is 44.2 Å². The maximum atomic E-state index is 14.4. The van der Waals surface area contributed by atoms with Crippen molar-refractivity contribution in [2.24, 2.45) is 0 Å². The molecule has 48 heavy (non-hydrogen) atoms. The van der Waals surface area contributed by atoms with Crippen molar-refractivity contribution < 1.29 is 22.7 Å². The molecule has 1 unspecified atom stereocenters. The van der Waals surface area contributed by atoms with E-state index in [4.69, 9.17) is 9.47 Å². The monoisotopic (exact) mass is 674 g/mol. The zero-order valence-corrected chi connectivity index (χ0v) is 29.5. The largest absolute Gasteiger partial charge is 0.497 e. The van der Waals surface area contributed by atoms with Crippen molar-refractivity contribution in [2.45, 2.75) is 81.6 Å². The molecule has 0 N–H and O–H groups in total. The quantitative estimate of drug-likeness (QED) is 0.245. The Morgan fingerprint density at radius 3 is 2.35 bits per heavy atom. The fraction of sp³-hybridized carbons (Fsp3) is 0.526. The molecule has 1 aromatic heterocycles. The molecule has 10 heteroatoms. The molecule has 3 aliphatic heterocycles. The Balaban J connectivity index is 1.11. The zero-order chi connectivity index (χ0) is 33.7. The van der Waals surface area contributed by atoms with Gasteiger partial charge < -0.3 is 19.3 Å². The van der Waals surface area contributed by atoms with E-state index in [1.54, 1.807) is 33.1 Å². The number of carbonyl (C=O) groups excluding carboxylic acids is 1. The highest BCUT2D eigenvalue weighted by Crippen LogP contribution is 2.40. The minimum atomic E-state index is -3.94. The second-order valence-electron chi connectivity index (χ2n) is 13.8. The maximum Gasteiger partial charge on any atom is 0.265 e. The Kier molecular flexibility index (Phi) is 10.7. The third-order valence-corrected chi connectivity index (χ3v) is 12.9. The molecule has 6 rings (SSSR count). The molecular weight excluding hydrogens is 625 g/mol. The number of rotatable bonds is 12. The van der Waals surface area contributed by atoms with Crippen LogP contribution < -0.4 is 9.04 Å². The topological polar surface area (TPSA) is 92.3 Å². The van der Waals surface area contributed by atoms with Crippen molar-refractivity contribution in [3.05, 3.63) is 83.2 Å². The molecule has 258 valence electrons. The molecule has 3 aliphatic rings. The maximum absolute atomic E-state index is 14.4. The number of methoxy groups -OCH3 is 1. The van der Waals surface area contributed by atoms with Crippen molar-refractivity contribution in [3.63, 3.8) is 0 Å². The number of piperidine rings is 1. The summed E-state index contributed by atoms with van der Waals surface area (Å²) in [5.41, 5.74) is 4.30. The lowest BCUT2D eigenvalue weighted by Gasteiger charge is -2.43. The number of para-hydroxylation sites is 1. The van der Waals surface area contributed by atoms with Crippen LogP contribution in [0.15, 0.2) is 65.8 Å². The number of hydrogen-bond donors (Lipinski definition) is 0. The SMILES string of the molecule is COc1cc(C)c(S(=O)(=O)N2c3ccccc3CCC2COCC(=O)N2CCC(CCCN3CCCC3)(c3ccncc3)CC2)c(C)c1. The fourth-order valence-electron chi connectivity index (χ4n) is 8.18. The molecule has 0 bridgehead atoms. The normalized spacial score (nSPS) is 19.7. The van der Waals surface area contributed by atoms with Crippen LogP contribution in [-0.4, -0.2) is 88.2 Å². The van der Waals surface area contributed by atoms with Gasteiger partial charge in [-0.2, -0.15) is 0 Å². The van der Waals surface area contributed by atoms with Gasteiger partial charge in [-0.05, 0) is 143 Å². The summed E-state index contributed by atoms with van der Waals surface area (Å²) >= 11 is 0. The molecule has 2 fully saturated rings. The average Bonchev–Trinajstić information content (AvgIpc) is 3.62. The standard InChI is InChI=1S/C38H50N4O5S/c1-29-25-34(46-3)26-30(2)37(29)48(44,45)42-33(12-11-31-9-4-5-10-35(31)42)27-47-28-36(43)41-23-16-38(17-24-41,32-13-18-39-19-14-32)15-8-22-40-20-6-7-21-40/h4-5,9-10,13-14,18-19,25-26,33H,6-8,11-12,15-17,20-24,27-28H2,1-3H3. The van der Waals surface area contributed by atoms with Crippen molar-refractivity contribution in [3.8, 4) is 5.75 Å². The summed E-state index contributed by atoms with van der Waals surface area (Å²) < 4.78 is 41.9. The van der Waals surface area contributed by atoms with Crippen molar-refractivity contribution in [2.75, 3.05) is 57.4 Å². The minimum absolute atomic E-state index is 0.0390. The van der Waals surface area contributed by atoms with Gasteiger partial charge in [0.15, 0.2) is 0 Å². The van der Waals surface area contributed by atoms with Crippen LogP contribution in [0.5, 0.6) is 5.75 Å². The van der Waals surface area contributed by atoms with Gasteiger partial charge in [0.05, 0.1) is 30.3 Å². The second kappa shape index (κ2) is 15.0. The van der Waals surface area contributed by atoms with Gasteiger partial charge in [0, 0.05) is 25.5 Å². The Labute approximate surface area is 286 Å². The number of carbonyl (C=O) groups is 1. The van der Waals surface area contributed by atoms with Gasteiger partial charge in [0.25, 0.3) is 10.0 Å². The summed E-state index contributed by atoms with van der Waals surface area (Å²) in [6.45, 7) is 8.60. The molecule has 0 aliphatic carbocycles. The lowest BCUT2D eigenvalue weighted by atomic mass is 9.70. The number of benzene rings is 2. The van der Waals surface area contributed by atoms with Crippen LogP contribution in [0.2, 0.25) is 0 Å². The molecule has 4 heterocycles. The number of fused-ring (bicyclic) bond motifs is 1. The van der Waals surface area contributed by atoms with E-state index in [9.17, 15) is 13.2 Å². The lowest BCUT2D eigenvalue weighted by molar-refractivity contribution is -0.138. The van der Waals surface area contributed by atoms with Crippen LogP contribution >= 0.6 is 0 Å². The molecule has 0 saturated carbocycles. The smallest absolute Gasteiger partial charge is 0.265 e. The van der Waals surface area contributed by atoms with Crippen molar-refractivity contribution >= 4 is 21.6 Å². The number of aromatic nitrogens is 1. The Morgan fingerprint density at radius 2 is 1.67 bits per heavy atom. The first kappa shape index (κ1) is 34.4. The van der Waals surface area contributed by atoms with Gasteiger partial charge in [0.2, 0.25) is 5.91 Å². The first-order chi connectivity index (χ1) is 23.2.